The molecule has 0 saturated carbocycles. The number of methoxy groups -OCH3 is 1. The number of esters is 1. The van der Waals surface area contributed by atoms with E-state index in [4.69, 9.17) is 0 Å². The molecule has 4 nitrogen and oxygen atoms in total. The SMILES string of the molecule is COC(=O)C(=O)/C=C(\O)c1cc(C)c(C)cc1C. The van der Waals surface area contributed by atoms with Crippen molar-refractivity contribution in [2.75, 3.05) is 7.11 Å². The largest absolute Gasteiger partial charge is 0.507 e. The second-order valence-corrected chi connectivity index (χ2v) is 4.14. The van der Waals surface area contributed by atoms with Crippen LogP contribution in [0.3, 0.4) is 0 Å². The van der Waals surface area contributed by atoms with Crippen LogP contribution in [0, 0.1) is 20.8 Å². The molecule has 0 unspecified atom stereocenters. The first-order valence-corrected chi connectivity index (χ1v) is 5.48. The van der Waals surface area contributed by atoms with Gasteiger partial charge in [0.15, 0.2) is 0 Å². The molecule has 0 aromatic heterocycles. The molecule has 1 N–H and O–H groups in total. The number of aliphatic hydroxyl groups is 1. The van der Waals surface area contributed by atoms with Crippen molar-refractivity contribution in [1.82, 2.24) is 0 Å². The molecule has 1 aromatic carbocycles. The summed E-state index contributed by atoms with van der Waals surface area (Å²) >= 11 is 0. The highest BCUT2D eigenvalue weighted by atomic mass is 16.5. The maximum atomic E-state index is 11.3. The van der Waals surface area contributed by atoms with Gasteiger partial charge in [0.25, 0.3) is 5.78 Å². The normalized spacial score (nSPS) is 11.2. The number of rotatable bonds is 3. The molecule has 0 amide bonds. The Hall–Kier alpha value is -2.10. The van der Waals surface area contributed by atoms with Crippen LogP contribution in [0.2, 0.25) is 0 Å². The molecule has 96 valence electrons. The summed E-state index contributed by atoms with van der Waals surface area (Å²) in [5.74, 6) is -2.11. The van der Waals surface area contributed by atoms with Gasteiger partial charge in [0.1, 0.15) is 5.76 Å². The van der Waals surface area contributed by atoms with Crippen LogP contribution < -0.4 is 0 Å². The van der Waals surface area contributed by atoms with Crippen molar-refractivity contribution < 1.29 is 19.4 Å². The summed E-state index contributed by atoms with van der Waals surface area (Å²) < 4.78 is 4.28. The number of hydrogen-bond donors (Lipinski definition) is 1. The first-order valence-electron chi connectivity index (χ1n) is 5.48. The summed E-state index contributed by atoms with van der Waals surface area (Å²) in [5.41, 5.74) is 3.48. The Morgan fingerprint density at radius 3 is 2.22 bits per heavy atom. The Bertz CT molecular complexity index is 527. The lowest BCUT2D eigenvalue weighted by molar-refractivity contribution is -0.149. The maximum Gasteiger partial charge on any atom is 0.378 e. The molecule has 0 aliphatic carbocycles. The summed E-state index contributed by atoms with van der Waals surface area (Å²) in [6, 6.07) is 3.69. The minimum absolute atomic E-state index is 0.231. The third-order valence-electron chi connectivity index (χ3n) is 2.77. The van der Waals surface area contributed by atoms with Crippen molar-refractivity contribution in [1.29, 1.82) is 0 Å². The average molecular weight is 248 g/mol. The van der Waals surface area contributed by atoms with Gasteiger partial charge in [0.2, 0.25) is 0 Å². The number of carbonyl (C=O) groups is 2. The highest BCUT2D eigenvalue weighted by Crippen LogP contribution is 2.21. The summed E-state index contributed by atoms with van der Waals surface area (Å²) in [7, 11) is 1.12. The van der Waals surface area contributed by atoms with Crippen LogP contribution in [-0.2, 0) is 14.3 Å². The summed E-state index contributed by atoms with van der Waals surface area (Å²) in [4.78, 5) is 22.3. The second-order valence-electron chi connectivity index (χ2n) is 4.14. The van der Waals surface area contributed by atoms with Crippen molar-refractivity contribution in [3.05, 3.63) is 40.5 Å². The molecule has 0 radical (unpaired) electrons. The third-order valence-corrected chi connectivity index (χ3v) is 2.77. The van der Waals surface area contributed by atoms with E-state index in [1.165, 1.54) is 0 Å². The first-order chi connectivity index (χ1) is 8.36. The van der Waals surface area contributed by atoms with Crippen molar-refractivity contribution in [2.45, 2.75) is 20.8 Å². The van der Waals surface area contributed by atoms with Crippen LogP contribution in [0.25, 0.3) is 5.76 Å². The zero-order valence-electron chi connectivity index (χ0n) is 10.9. The molecule has 1 aromatic rings. The smallest absolute Gasteiger partial charge is 0.378 e. The molecule has 0 fully saturated rings. The zero-order chi connectivity index (χ0) is 13.9. The van der Waals surface area contributed by atoms with Gasteiger partial charge in [-0.05, 0) is 43.5 Å². The van der Waals surface area contributed by atoms with E-state index in [0.717, 1.165) is 29.9 Å². The molecule has 0 atom stereocenters. The fraction of sp³-hybridized carbons (Fsp3) is 0.286. The third kappa shape index (κ3) is 2.97. The van der Waals surface area contributed by atoms with Gasteiger partial charge in [-0.1, -0.05) is 6.07 Å². The minimum atomic E-state index is -0.997. The maximum absolute atomic E-state index is 11.3. The lowest BCUT2D eigenvalue weighted by Crippen LogP contribution is -2.13. The van der Waals surface area contributed by atoms with Crippen LogP contribution in [0.1, 0.15) is 22.3 Å². The van der Waals surface area contributed by atoms with E-state index in [0.29, 0.717) is 5.56 Å². The van der Waals surface area contributed by atoms with E-state index in [1.807, 2.05) is 26.8 Å². The van der Waals surface area contributed by atoms with Crippen molar-refractivity contribution in [2.24, 2.45) is 0 Å². The first kappa shape index (κ1) is 14.0. The monoisotopic (exact) mass is 248 g/mol. The molecular formula is C14H16O4. The molecule has 0 spiro atoms. The lowest BCUT2D eigenvalue weighted by Gasteiger charge is -2.08. The van der Waals surface area contributed by atoms with Crippen molar-refractivity contribution in [3.8, 4) is 0 Å². The Balaban J connectivity index is 3.15. The molecule has 0 aliphatic rings. The van der Waals surface area contributed by atoms with Crippen LogP contribution in [-0.4, -0.2) is 24.0 Å². The van der Waals surface area contributed by atoms with E-state index in [-0.39, 0.29) is 5.76 Å². The summed E-state index contributed by atoms with van der Waals surface area (Å²) in [6.45, 7) is 5.70. The number of benzene rings is 1. The van der Waals surface area contributed by atoms with E-state index < -0.39 is 11.8 Å². The van der Waals surface area contributed by atoms with E-state index in [9.17, 15) is 14.7 Å². The zero-order valence-corrected chi connectivity index (χ0v) is 10.9. The standard InChI is InChI=1S/C14H16O4/c1-8-5-10(3)11(6-9(8)2)12(15)7-13(16)14(17)18-4/h5-7,15H,1-4H3/b12-7-. The van der Waals surface area contributed by atoms with Crippen LogP contribution in [0.15, 0.2) is 18.2 Å². The van der Waals surface area contributed by atoms with Gasteiger partial charge in [-0.15, -0.1) is 0 Å². The molecule has 0 bridgehead atoms. The van der Waals surface area contributed by atoms with E-state index >= 15 is 0 Å². The molecule has 0 aliphatic heterocycles. The Kier molecular flexibility index (Phi) is 4.26. The topological polar surface area (TPSA) is 63.6 Å². The fourth-order valence-corrected chi connectivity index (χ4v) is 1.60. The number of aryl methyl sites for hydroxylation is 3. The quantitative estimate of drug-likeness (QED) is 0.385. The fourth-order valence-electron chi connectivity index (χ4n) is 1.60. The highest BCUT2D eigenvalue weighted by molar-refractivity contribution is 6.39. The molecular weight excluding hydrogens is 232 g/mol. The van der Waals surface area contributed by atoms with Crippen molar-refractivity contribution in [3.63, 3.8) is 0 Å². The highest BCUT2D eigenvalue weighted by Gasteiger charge is 2.14. The average Bonchev–Trinajstić information content (AvgIpc) is 2.32. The van der Waals surface area contributed by atoms with Gasteiger partial charge >= 0.3 is 5.97 Å². The van der Waals surface area contributed by atoms with Crippen molar-refractivity contribution >= 4 is 17.5 Å². The Morgan fingerprint density at radius 1 is 1.11 bits per heavy atom. The molecule has 0 saturated heterocycles. The Morgan fingerprint density at radius 2 is 1.67 bits per heavy atom. The number of ketones is 1. The van der Waals surface area contributed by atoms with Gasteiger partial charge < -0.3 is 9.84 Å². The van der Waals surface area contributed by atoms with Gasteiger partial charge in [-0.2, -0.15) is 0 Å². The Labute approximate surface area is 106 Å². The van der Waals surface area contributed by atoms with Crippen LogP contribution >= 0.6 is 0 Å². The predicted octanol–water partition coefficient (Wildman–Crippen LogP) is 2.25. The molecule has 4 heteroatoms. The van der Waals surface area contributed by atoms with Gasteiger partial charge in [-0.3, -0.25) is 4.79 Å². The van der Waals surface area contributed by atoms with Gasteiger partial charge in [0.05, 0.1) is 7.11 Å². The van der Waals surface area contributed by atoms with Crippen LogP contribution in [0.5, 0.6) is 0 Å². The summed E-state index contributed by atoms with van der Waals surface area (Å²) in [6.07, 6.45) is 0.878. The summed E-state index contributed by atoms with van der Waals surface area (Å²) in [5, 5.41) is 9.86. The number of carbonyl (C=O) groups excluding carboxylic acids is 2. The molecule has 18 heavy (non-hydrogen) atoms. The number of ether oxygens (including phenoxy) is 1. The number of aliphatic hydroxyl groups excluding tert-OH is 1. The lowest BCUT2D eigenvalue weighted by atomic mass is 9.99. The van der Waals surface area contributed by atoms with E-state index in [1.54, 1.807) is 6.07 Å². The minimum Gasteiger partial charge on any atom is -0.507 e. The molecule has 0 heterocycles. The van der Waals surface area contributed by atoms with Gasteiger partial charge in [0, 0.05) is 11.6 Å². The van der Waals surface area contributed by atoms with Crippen LogP contribution in [0.4, 0.5) is 0 Å². The number of hydrogen-bond acceptors (Lipinski definition) is 4. The van der Waals surface area contributed by atoms with Gasteiger partial charge in [-0.25, -0.2) is 4.79 Å². The second kappa shape index (κ2) is 5.49. The predicted molar refractivity (Wildman–Crippen MR) is 68.3 cm³/mol. The van der Waals surface area contributed by atoms with E-state index in [2.05, 4.69) is 4.74 Å². The molecule has 1 rings (SSSR count).